The summed E-state index contributed by atoms with van der Waals surface area (Å²) in [5.74, 6) is 0.231. The fourth-order valence-electron chi connectivity index (χ4n) is 4.19. The predicted octanol–water partition coefficient (Wildman–Crippen LogP) is 6.08. The molecule has 0 aliphatic rings. The number of para-hydroxylation sites is 1. The molecule has 41 heavy (non-hydrogen) atoms. The second kappa shape index (κ2) is 13.3. The highest BCUT2D eigenvalue weighted by Crippen LogP contribution is 2.29. The maximum atomic E-state index is 12.9. The number of amides is 1. The molecular weight excluding hydrogens is 536 g/mol. The zero-order valence-corrected chi connectivity index (χ0v) is 22.9. The fraction of sp³-hybridized carbons (Fsp3) is 0.125. The van der Waals surface area contributed by atoms with Crippen molar-refractivity contribution in [1.29, 1.82) is 5.26 Å². The summed E-state index contributed by atoms with van der Waals surface area (Å²) < 4.78 is 9.70. The lowest BCUT2D eigenvalue weighted by Crippen LogP contribution is -2.26. The lowest BCUT2D eigenvalue weighted by atomic mass is 10.1. The number of carbonyl (C=O) groups excluding carboxylic acids is 1. The van der Waals surface area contributed by atoms with Crippen LogP contribution in [-0.4, -0.2) is 31.8 Å². The van der Waals surface area contributed by atoms with E-state index in [1.165, 1.54) is 0 Å². The van der Waals surface area contributed by atoms with Crippen LogP contribution in [-0.2, 0) is 17.9 Å². The molecule has 5 aromatic rings. The second-order valence-electron chi connectivity index (χ2n) is 9.24. The summed E-state index contributed by atoms with van der Waals surface area (Å²) in [5.41, 5.74) is 3.88. The van der Waals surface area contributed by atoms with E-state index < -0.39 is 5.91 Å². The number of imidazole rings is 1. The van der Waals surface area contributed by atoms with Crippen LogP contribution in [0.2, 0.25) is 5.02 Å². The SMILES string of the molecule is N#CC(=Cc1cn(-c2ccccc2)nc1-c1cccc(OCc2ccc(Cl)cc2)c1)C(=O)NCCCn1ccnc1. The van der Waals surface area contributed by atoms with Gasteiger partial charge in [-0.15, -0.1) is 0 Å². The van der Waals surface area contributed by atoms with Gasteiger partial charge >= 0.3 is 0 Å². The van der Waals surface area contributed by atoms with Crippen LogP contribution >= 0.6 is 11.6 Å². The summed E-state index contributed by atoms with van der Waals surface area (Å²) in [4.78, 5) is 16.9. The molecule has 0 atom stereocenters. The van der Waals surface area contributed by atoms with Gasteiger partial charge in [0.1, 0.15) is 29.7 Å². The molecule has 0 bridgehead atoms. The smallest absolute Gasteiger partial charge is 0.261 e. The largest absolute Gasteiger partial charge is 0.489 e. The Morgan fingerprint density at radius 3 is 2.66 bits per heavy atom. The number of halogens is 1. The lowest BCUT2D eigenvalue weighted by molar-refractivity contribution is -0.117. The number of aryl methyl sites for hydroxylation is 1. The van der Waals surface area contributed by atoms with Crippen molar-refractivity contribution in [1.82, 2.24) is 24.6 Å². The maximum absolute atomic E-state index is 12.9. The minimum Gasteiger partial charge on any atom is -0.489 e. The Balaban J connectivity index is 1.38. The Morgan fingerprint density at radius 2 is 1.90 bits per heavy atom. The Morgan fingerprint density at radius 1 is 1.07 bits per heavy atom. The van der Waals surface area contributed by atoms with E-state index in [1.54, 1.807) is 23.3 Å². The van der Waals surface area contributed by atoms with E-state index >= 15 is 0 Å². The van der Waals surface area contributed by atoms with Gasteiger partial charge < -0.3 is 14.6 Å². The fourth-order valence-corrected chi connectivity index (χ4v) is 4.32. The first kappa shape index (κ1) is 27.4. The number of carbonyl (C=O) groups is 1. The molecule has 0 saturated carbocycles. The van der Waals surface area contributed by atoms with Gasteiger partial charge in [-0.05, 0) is 54.5 Å². The van der Waals surface area contributed by atoms with Gasteiger partial charge in [0.2, 0.25) is 0 Å². The van der Waals surface area contributed by atoms with Crippen molar-refractivity contribution in [3.8, 4) is 28.8 Å². The number of nitrogens with one attached hydrogen (secondary N) is 1. The average molecular weight is 563 g/mol. The normalized spacial score (nSPS) is 11.2. The molecule has 0 spiro atoms. The van der Waals surface area contributed by atoms with Crippen molar-refractivity contribution in [2.24, 2.45) is 0 Å². The summed E-state index contributed by atoms with van der Waals surface area (Å²) in [6, 6.07) is 26.8. The van der Waals surface area contributed by atoms with E-state index in [4.69, 9.17) is 21.4 Å². The molecule has 1 N–H and O–H groups in total. The number of hydrogen-bond acceptors (Lipinski definition) is 5. The van der Waals surface area contributed by atoms with Gasteiger partial charge in [-0.3, -0.25) is 4.79 Å². The second-order valence-corrected chi connectivity index (χ2v) is 9.67. The summed E-state index contributed by atoms with van der Waals surface area (Å²) in [6.07, 6.45) is 9.41. The van der Waals surface area contributed by atoms with Crippen LogP contribution in [0.15, 0.2) is 109 Å². The van der Waals surface area contributed by atoms with Crippen molar-refractivity contribution in [3.63, 3.8) is 0 Å². The van der Waals surface area contributed by atoms with Gasteiger partial charge in [-0.1, -0.05) is 54.1 Å². The molecule has 2 heterocycles. The first-order valence-electron chi connectivity index (χ1n) is 13.1. The van der Waals surface area contributed by atoms with Gasteiger partial charge in [-0.25, -0.2) is 9.67 Å². The zero-order valence-electron chi connectivity index (χ0n) is 22.2. The molecule has 0 aliphatic carbocycles. The molecule has 8 nitrogen and oxygen atoms in total. The van der Waals surface area contributed by atoms with Gasteiger partial charge in [0, 0.05) is 47.8 Å². The number of ether oxygens (including phenoxy) is 1. The minimum absolute atomic E-state index is 0.00312. The molecular formula is C32H27ClN6O2. The molecule has 0 radical (unpaired) electrons. The molecule has 0 saturated heterocycles. The zero-order chi connectivity index (χ0) is 28.4. The number of aromatic nitrogens is 4. The van der Waals surface area contributed by atoms with Gasteiger partial charge in [0.25, 0.3) is 5.91 Å². The minimum atomic E-state index is -0.434. The Bertz CT molecular complexity index is 1670. The van der Waals surface area contributed by atoms with Crippen LogP contribution in [0.5, 0.6) is 5.75 Å². The van der Waals surface area contributed by atoms with Crippen molar-refractivity contribution in [3.05, 3.63) is 126 Å². The third-order valence-electron chi connectivity index (χ3n) is 6.29. The predicted molar refractivity (Wildman–Crippen MR) is 158 cm³/mol. The Labute approximate surface area is 243 Å². The topological polar surface area (TPSA) is 97.8 Å². The van der Waals surface area contributed by atoms with Gasteiger partial charge in [0.15, 0.2) is 0 Å². The van der Waals surface area contributed by atoms with Crippen LogP contribution in [0.4, 0.5) is 0 Å². The molecule has 0 unspecified atom stereocenters. The third kappa shape index (κ3) is 7.29. The molecule has 9 heteroatoms. The molecule has 3 aromatic carbocycles. The van der Waals surface area contributed by atoms with Crippen LogP contribution < -0.4 is 10.1 Å². The number of rotatable bonds is 11. The number of hydrogen-bond donors (Lipinski definition) is 1. The highest BCUT2D eigenvalue weighted by Gasteiger charge is 2.16. The van der Waals surface area contributed by atoms with E-state index in [0.29, 0.717) is 41.6 Å². The molecule has 5 rings (SSSR count). The van der Waals surface area contributed by atoms with E-state index in [-0.39, 0.29) is 5.57 Å². The van der Waals surface area contributed by atoms with E-state index in [2.05, 4.69) is 10.3 Å². The molecule has 204 valence electrons. The summed E-state index contributed by atoms with van der Waals surface area (Å²) in [5, 5.41) is 18.2. The maximum Gasteiger partial charge on any atom is 0.261 e. The van der Waals surface area contributed by atoms with Gasteiger partial charge in [-0.2, -0.15) is 10.4 Å². The van der Waals surface area contributed by atoms with Crippen LogP contribution in [0.3, 0.4) is 0 Å². The lowest BCUT2D eigenvalue weighted by Gasteiger charge is -2.08. The number of nitriles is 1. The van der Waals surface area contributed by atoms with E-state index in [0.717, 1.165) is 23.4 Å². The Kier molecular flexibility index (Phi) is 8.89. The summed E-state index contributed by atoms with van der Waals surface area (Å²) in [7, 11) is 0. The van der Waals surface area contributed by atoms with Crippen LogP contribution in [0, 0.1) is 11.3 Å². The molecule has 1 amide bonds. The monoisotopic (exact) mass is 562 g/mol. The Hall–Kier alpha value is -5.13. The van der Waals surface area contributed by atoms with Crippen LogP contribution in [0.1, 0.15) is 17.5 Å². The molecule has 0 fully saturated rings. The van der Waals surface area contributed by atoms with E-state index in [9.17, 15) is 10.1 Å². The van der Waals surface area contributed by atoms with Crippen molar-refractivity contribution < 1.29 is 9.53 Å². The number of benzene rings is 3. The first-order valence-corrected chi connectivity index (χ1v) is 13.5. The molecule has 2 aromatic heterocycles. The van der Waals surface area contributed by atoms with Crippen LogP contribution in [0.25, 0.3) is 23.0 Å². The quantitative estimate of drug-likeness (QED) is 0.119. The first-order chi connectivity index (χ1) is 20.1. The van der Waals surface area contributed by atoms with Gasteiger partial charge in [0.05, 0.1) is 12.0 Å². The molecule has 0 aliphatic heterocycles. The average Bonchev–Trinajstić information content (AvgIpc) is 3.69. The van der Waals surface area contributed by atoms with Crippen molar-refractivity contribution in [2.45, 2.75) is 19.6 Å². The standard InChI is InChI=1S/C32H27ClN6O2/c33-28-12-10-24(11-13-28)22-41-30-9-4-6-25(19-30)31-27(21-39(37-31)29-7-2-1-3-8-29)18-26(20-34)32(40)36-14-5-16-38-17-15-35-23-38/h1-4,6-13,15,17-19,21,23H,5,14,16,22H2,(H,36,40). The summed E-state index contributed by atoms with van der Waals surface area (Å²) >= 11 is 5.99. The van der Waals surface area contributed by atoms with E-state index in [1.807, 2.05) is 102 Å². The number of nitrogens with zero attached hydrogens (tertiary/aromatic N) is 5. The highest BCUT2D eigenvalue weighted by atomic mass is 35.5. The highest BCUT2D eigenvalue weighted by molar-refractivity contribution is 6.30. The summed E-state index contributed by atoms with van der Waals surface area (Å²) in [6.45, 7) is 1.53. The van der Waals surface area contributed by atoms with Crippen molar-refractivity contribution in [2.75, 3.05) is 6.54 Å². The third-order valence-corrected chi connectivity index (χ3v) is 6.54. The van der Waals surface area contributed by atoms with Crippen molar-refractivity contribution >= 4 is 23.6 Å².